The van der Waals surface area contributed by atoms with Gasteiger partial charge in [-0.3, -0.25) is 0 Å². The normalized spacial score (nSPS) is 10.3. The second kappa shape index (κ2) is 6.98. The van der Waals surface area contributed by atoms with Gasteiger partial charge in [0.1, 0.15) is 6.61 Å². The molecule has 4 nitrogen and oxygen atoms in total. The van der Waals surface area contributed by atoms with Crippen LogP contribution in [0.5, 0.6) is 11.5 Å². The quantitative estimate of drug-likeness (QED) is 0.876. The van der Waals surface area contributed by atoms with Crippen molar-refractivity contribution in [1.29, 1.82) is 0 Å². The number of hydrogen-bond acceptors (Lipinski definition) is 3. The van der Waals surface area contributed by atoms with E-state index in [4.69, 9.17) is 14.6 Å². The minimum atomic E-state index is -0.984. The first-order valence-electron chi connectivity index (χ1n) is 7.20. The first-order chi connectivity index (χ1) is 10.5. The largest absolute Gasteiger partial charge is 0.490 e. The van der Waals surface area contributed by atoms with Crippen LogP contribution in [0.15, 0.2) is 36.4 Å². The SMILES string of the molecule is CCOc1cc(C(=O)O)ccc1OCc1cc(C)ccc1C. The number of carbonyl (C=O) groups is 1. The van der Waals surface area contributed by atoms with Crippen molar-refractivity contribution in [3.05, 3.63) is 58.7 Å². The molecule has 0 aromatic heterocycles. The monoisotopic (exact) mass is 300 g/mol. The summed E-state index contributed by atoms with van der Waals surface area (Å²) in [6.07, 6.45) is 0. The summed E-state index contributed by atoms with van der Waals surface area (Å²) in [6, 6.07) is 10.9. The first kappa shape index (κ1) is 15.9. The minimum absolute atomic E-state index is 0.183. The topological polar surface area (TPSA) is 55.8 Å². The van der Waals surface area contributed by atoms with E-state index in [1.54, 1.807) is 6.07 Å². The number of benzene rings is 2. The summed E-state index contributed by atoms with van der Waals surface area (Å²) in [5.74, 6) is 0.0162. The predicted octanol–water partition coefficient (Wildman–Crippen LogP) is 3.98. The molecule has 2 aromatic rings. The van der Waals surface area contributed by atoms with Crippen molar-refractivity contribution in [3.63, 3.8) is 0 Å². The Labute approximate surface area is 130 Å². The molecular formula is C18H20O4. The lowest BCUT2D eigenvalue weighted by molar-refractivity contribution is 0.0696. The van der Waals surface area contributed by atoms with Crippen LogP contribution < -0.4 is 9.47 Å². The van der Waals surface area contributed by atoms with Crippen LogP contribution in [-0.4, -0.2) is 17.7 Å². The Morgan fingerprint density at radius 3 is 2.50 bits per heavy atom. The molecule has 0 aliphatic heterocycles. The molecule has 0 amide bonds. The molecule has 4 heteroatoms. The summed E-state index contributed by atoms with van der Waals surface area (Å²) < 4.78 is 11.3. The lowest BCUT2D eigenvalue weighted by atomic mass is 10.1. The van der Waals surface area contributed by atoms with Crippen LogP contribution in [0.2, 0.25) is 0 Å². The molecule has 0 unspecified atom stereocenters. The van der Waals surface area contributed by atoms with Crippen LogP contribution in [0.25, 0.3) is 0 Å². The molecule has 0 aliphatic rings. The zero-order chi connectivity index (χ0) is 16.1. The minimum Gasteiger partial charge on any atom is -0.490 e. The Hall–Kier alpha value is -2.49. The number of ether oxygens (including phenoxy) is 2. The fourth-order valence-electron chi connectivity index (χ4n) is 2.14. The van der Waals surface area contributed by atoms with Crippen molar-refractivity contribution in [3.8, 4) is 11.5 Å². The molecule has 0 bridgehead atoms. The second-order valence-corrected chi connectivity index (χ2v) is 5.12. The number of carboxylic acid groups (broad SMARTS) is 1. The van der Waals surface area contributed by atoms with Gasteiger partial charge >= 0.3 is 5.97 Å². The van der Waals surface area contributed by atoms with E-state index < -0.39 is 5.97 Å². The third-order valence-electron chi connectivity index (χ3n) is 3.38. The Morgan fingerprint density at radius 1 is 1.05 bits per heavy atom. The lowest BCUT2D eigenvalue weighted by Gasteiger charge is -2.14. The van der Waals surface area contributed by atoms with Crippen molar-refractivity contribution in [2.75, 3.05) is 6.61 Å². The van der Waals surface area contributed by atoms with Crippen LogP contribution in [0.4, 0.5) is 0 Å². The number of hydrogen-bond donors (Lipinski definition) is 1. The molecular weight excluding hydrogens is 280 g/mol. The molecule has 0 spiro atoms. The summed E-state index contributed by atoms with van der Waals surface area (Å²) >= 11 is 0. The summed E-state index contributed by atoms with van der Waals surface area (Å²) in [5, 5.41) is 9.05. The Kier molecular flexibility index (Phi) is 5.04. The third-order valence-corrected chi connectivity index (χ3v) is 3.38. The van der Waals surface area contributed by atoms with Gasteiger partial charge < -0.3 is 14.6 Å². The highest BCUT2D eigenvalue weighted by atomic mass is 16.5. The molecule has 2 rings (SSSR count). The van der Waals surface area contributed by atoms with Crippen molar-refractivity contribution < 1.29 is 19.4 Å². The van der Waals surface area contributed by atoms with Crippen LogP contribution in [-0.2, 0) is 6.61 Å². The number of aryl methyl sites for hydroxylation is 2. The molecule has 0 heterocycles. The van der Waals surface area contributed by atoms with Gasteiger partial charge in [-0.05, 0) is 50.1 Å². The van der Waals surface area contributed by atoms with E-state index in [9.17, 15) is 4.79 Å². The van der Waals surface area contributed by atoms with E-state index in [1.165, 1.54) is 17.7 Å². The second-order valence-electron chi connectivity index (χ2n) is 5.12. The third kappa shape index (κ3) is 3.79. The highest BCUT2D eigenvalue weighted by Gasteiger charge is 2.11. The molecule has 1 N–H and O–H groups in total. The maximum atomic E-state index is 11.0. The zero-order valence-corrected chi connectivity index (χ0v) is 13.1. The van der Waals surface area contributed by atoms with Crippen molar-refractivity contribution in [2.24, 2.45) is 0 Å². The van der Waals surface area contributed by atoms with Gasteiger partial charge in [0.2, 0.25) is 0 Å². The molecule has 0 fully saturated rings. The van der Waals surface area contributed by atoms with Crippen molar-refractivity contribution >= 4 is 5.97 Å². The Morgan fingerprint density at radius 2 is 1.82 bits per heavy atom. The number of carboxylic acids is 1. The predicted molar refractivity (Wildman–Crippen MR) is 84.8 cm³/mol. The van der Waals surface area contributed by atoms with Crippen LogP contribution in [0, 0.1) is 13.8 Å². The van der Waals surface area contributed by atoms with Gasteiger partial charge in [0.25, 0.3) is 0 Å². The Balaban J connectivity index is 2.21. The maximum absolute atomic E-state index is 11.0. The van der Waals surface area contributed by atoms with Crippen LogP contribution in [0.1, 0.15) is 34.0 Å². The highest BCUT2D eigenvalue weighted by molar-refractivity contribution is 5.88. The fraction of sp³-hybridized carbons (Fsp3) is 0.278. The van der Waals surface area contributed by atoms with E-state index in [0.717, 1.165) is 11.1 Å². The molecule has 0 aliphatic carbocycles. The van der Waals surface area contributed by atoms with Gasteiger partial charge in [-0.2, -0.15) is 0 Å². The fourth-order valence-corrected chi connectivity index (χ4v) is 2.14. The average molecular weight is 300 g/mol. The van der Waals surface area contributed by atoms with Gasteiger partial charge in [0.15, 0.2) is 11.5 Å². The molecule has 0 saturated carbocycles. The van der Waals surface area contributed by atoms with Crippen molar-refractivity contribution in [2.45, 2.75) is 27.4 Å². The summed E-state index contributed by atoms with van der Waals surface area (Å²) in [7, 11) is 0. The zero-order valence-electron chi connectivity index (χ0n) is 13.1. The molecule has 116 valence electrons. The highest BCUT2D eigenvalue weighted by Crippen LogP contribution is 2.29. The van der Waals surface area contributed by atoms with Crippen LogP contribution >= 0.6 is 0 Å². The van der Waals surface area contributed by atoms with E-state index in [1.807, 2.05) is 20.8 Å². The van der Waals surface area contributed by atoms with Gasteiger partial charge in [0.05, 0.1) is 12.2 Å². The van der Waals surface area contributed by atoms with E-state index in [-0.39, 0.29) is 5.56 Å². The van der Waals surface area contributed by atoms with Crippen LogP contribution in [0.3, 0.4) is 0 Å². The molecule has 22 heavy (non-hydrogen) atoms. The van der Waals surface area contributed by atoms with E-state index in [0.29, 0.717) is 24.7 Å². The first-order valence-corrected chi connectivity index (χ1v) is 7.20. The molecule has 0 saturated heterocycles. The lowest BCUT2D eigenvalue weighted by Crippen LogP contribution is -2.03. The molecule has 0 atom stereocenters. The molecule has 2 aromatic carbocycles. The standard InChI is InChI=1S/C18H20O4/c1-4-21-17-10-14(18(19)20)7-8-16(17)22-11-15-9-12(2)5-6-13(15)3/h5-10H,4,11H2,1-3H3,(H,19,20). The summed E-state index contributed by atoms with van der Waals surface area (Å²) in [6.45, 7) is 6.79. The van der Waals surface area contributed by atoms with Gasteiger partial charge in [0, 0.05) is 0 Å². The van der Waals surface area contributed by atoms with E-state index >= 15 is 0 Å². The average Bonchev–Trinajstić information content (AvgIpc) is 2.49. The maximum Gasteiger partial charge on any atom is 0.335 e. The van der Waals surface area contributed by atoms with Crippen molar-refractivity contribution in [1.82, 2.24) is 0 Å². The van der Waals surface area contributed by atoms with Gasteiger partial charge in [-0.1, -0.05) is 23.8 Å². The number of rotatable bonds is 6. The summed E-state index contributed by atoms with van der Waals surface area (Å²) in [5.41, 5.74) is 3.62. The smallest absolute Gasteiger partial charge is 0.335 e. The number of aromatic carboxylic acids is 1. The van der Waals surface area contributed by atoms with Gasteiger partial charge in [-0.25, -0.2) is 4.79 Å². The van der Waals surface area contributed by atoms with Gasteiger partial charge in [-0.15, -0.1) is 0 Å². The Bertz CT molecular complexity index is 677. The van der Waals surface area contributed by atoms with E-state index in [2.05, 4.69) is 18.2 Å². The molecule has 0 radical (unpaired) electrons. The summed E-state index contributed by atoms with van der Waals surface area (Å²) in [4.78, 5) is 11.0.